The van der Waals surface area contributed by atoms with Crippen LogP contribution in [0, 0.1) is 17.8 Å². The van der Waals surface area contributed by atoms with E-state index in [1.165, 1.54) is 31.2 Å². The number of benzene rings is 1. The Morgan fingerprint density at radius 1 is 1.24 bits per heavy atom. The van der Waals surface area contributed by atoms with Gasteiger partial charge in [-0.2, -0.15) is 0 Å². The van der Waals surface area contributed by atoms with Gasteiger partial charge in [0.1, 0.15) is 5.75 Å². The van der Waals surface area contributed by atoms with Crippen LogP contribution >= 0.6 is 15.9 Å². The molecule has 3 heteroatoms. The van der Waals surface area contributed by atoms with Crippen LogP contribution in [0.5, 0.6) is 5.75 Å². The summed E-state index contributed by atoms with van der Waals surface area (Å²) >= 11 is 3.58. The molecule has 1 aromatic rings. The Kier molecular flexibility index (Phi) is 4.60. The van der Waals surface area contributed by atoms with E-state index in [0.717, 1.165) is 28.0 Å². The van der Waals surface area contributed by atoms with Crippen molar-refractivity contribution in [3.05, 3.63) is 28.2 Å². The van der Waals surface area contributed by atoms with E-state index in [0.29, 0.717) is 12.1 Å². The number of rotatable bonds is 5. The number of hydrogen-bond acceptors (Lipinski definition) is 2. The minimum absolute atomic E-state index is 0.376. The van der Waals surface area contributed by atoms with Crippen molar-refractivity contribution in [2.24, 2.45) is 17.8 Å². The Balaban J connectivity index is 1.63. The number of nitrogens with one attached hydrogen (secondary N) is 1. The van der Waals surface area contributed by atoms with Crippen LogP contribution in [0.25, 0.3) is 0 Å². The molecule has 0 aliphatic heterocycles. The predicted octanol–water partition coefficient (Wildman–Crippen LogP) is 4.93. The van der Waals surface area contributed by atoms with Crippen LogP contribution in [0.3, 0.4) is 0 Å². The van der Waals surface area contributed by atoms with Gasteiger partial charge in [-0.1, -0.05) is 12.5 Å². The molecule has 0 saturated heterocycles. The lowest BCUT2D eigenvalue weighted by Crippen LogP contribution is -2.37. The Morgan fingerprint density at radius 2 is 2.05 bits per heavy atom. The normalized spacial score (nSPS) is 30.4. The summed E-state index contributed by atoms with van der Waals surface area (Å²) in [6.07, 6.45) is 5.87. The molecule has 2 saturated carbocycles. The first-order chi connectivity index (χ1) is 10.1. The fraction of sp³-hybridized carbons (Fsp3) is 0.667. The first-order valence-electron chi connectivity index (χ1n) is 8.18. The van der Waals surface area contributed by atoms with Crippen molar-refractivity contribution in [3.63, 3.8) is 0 Å². The standard InChI is InChI=1S/C18H26BrNO/c1-11(14-6-7-18(21-3)17(19)10-14)20-12(2)16-9-13-4-5-15(16)8-13/h6-7,10-13,15-16,20H,4-5,8-9H2,1-3H3. The van der Waals surface area contributed by atoms with Gasteiger partial charge < -0.3 is 10.1 Å². The molecule has 2 aliphatic carbocycles. The highest BCUT2D eigenvalue weighted by atomic mass is 79.9. The SMILES string of the molecule is COc1ccc(C(C)NC(C)C2CC3CCC2C3)cc1Br. The molecule has 21 heavy (non-hydrogen) atoms. The first-order valence-corrected chi connectivity index (χ1v) is 8.97. The minimum atomic E-state index is 0.376. The van der Waals surface area contributed by atoms with Gasteiger partial charge in [-0.15, -0.1) is 0 Å². The second-order valence-electron chi connectivity index (χ2n) is 6.91. The third kappa shape index (κ3) is 3.14. The molecule has 1 N–H and O–H groups in total. The third-order valence-electron chi connectivity index (χ3n) is 5.62. The molecule has 0 amide bonds. The summed E-state index contributed by atoms with van der Waals surface area (Å²) in [5.41, 5.74) is 1.32. The van der Waals surface area contributed by atoms with Gasteiger partial charge in [-0.05, 0) is 84.5 Å². The average Bonchev–Trinajstić information content (AvgIpc) is 3.09. The largest absolute Gasteiger partial charge is 0.496 e. The first kappa shape index (κ1) is 15.4. The van der Waals surface area contributed by atoms with E-state index in [9.17, 15) is 0 Å². The van der Waals surface area contributed by atoms with Crippen LogP contribution < -0.4 is 10.1 Å². The van der Waals surface area contributed by atoms with E-state index in [4.69, 9.17) is 4.74 Å². The zero-order valence-corrected chi connectivity index (χ0v) is 14.8. The van der Waals surface area contributed by atoms with Crippen molar-refractivity contribution in [1.82, 2.24) is 5.32 Å². The second kappa shape index (κ2) is 6.29. The molecule has 2 bridgehead atoms. The van der Waals surface area contributed by atoms with Gasteiger partial charge in [-0.3, -0.25) is 0 Å². The third-order valence-corrected chi connectivity index (χ3v) is 6.24. The monoisotopic (exact) mass is 351 g/mol. The Morgan fingerprint density at radius 3 is 2.62 bits per heavy atom. The number of ether oxygens (including phenoxy) is 1. The lowest BCUT2D eigenvalue weighted by molar-refractivity contribution is 0.248. The molecule has 1 aromatic carbocycles. The molecule has 5 unspecified atom stereocenters. The number of methoxy groups -OCH3 is 1. The molecule has 116 valence electrons. The van der Waals surface area contributed by atoms with Gasteiger partial charge in [0.2, 0.25) is 0 Å². The predicted molar refractivity (Wildman–Crippen MR) is 90.6 cm³/mol. The van der Waals surface area contributed by atoms with Gasteiger partial charge in [0.25, 0.3) is 0 Å². The fourth-order valence-corrected chi connectivity index (χ4v) is 5.03. The van der Waals surface area contributed by atoms with E-state index in [1.54, 1.807) is 7.11 Å². The molecule has 0 aromatic heterocycles. The summed E-state index contributed by atoms with van der Waals surface area (Å²) in [7, 11) is 1.71. The molecule has 2 fully saturated rings. The summed E-state index contributed by atoms with van der Waals surface area (Å²) in [6, 6.07) is 7.36. The van der Waals surface area contributed by atoms with Gasteiger partial charge in [0, 0.05) is 12.1 Å². The second-order valence-corrected chi connectivity index (χ2v) is 7.76. The van der Waals surface area contributed by atoms with Crippen molar-refractivity contribution < 1.29 is 4.74 Å². The summed E-state index contributed by atoms with van der Waals surface area (Å²) in [4.78, 5) is 0. The van der Waals surface area contributed by atoms with Gasteiger partial charge in [-0.25, -0.2) is 0 Å². The van der Waals surface area contributed by atoms with E-state index >= 15 is 0 Å². The number of halogens is 1. The Bertz CT molecular complexity index is 504. The minimum Gasteiger partial charge on any atom is -0.496 e. The maximum Gasteiger partial charge on any atom is 0.133 e. The van der Waals surface area contributed by atoms with Crippen LogP contribution in [0.4, 0.5) is 0 Å². The zero-order chi connectivity index (χ0) is 15.0. The molecular weight excluding hydrogens is 326 g/mol. The molecule has 3 rings (SSSR count). The van der Waals surface area contributed by atoms with Crippen LogP contribution in [0.2, 0.25) is 0 Å². The zero-order valence-electron chi connectivity index (χ0n) is 13.2. The van der Waals surface area contributed by atoms with Crippen LogP contribution in [-0.4, -0.2) is 13.2 Å². The van der Waals surface area contributed by atoms with Crippen molar-refractivity contribution in [3.8, 4) is 5.75 Å². The maximum absolute atomic E-state index is 5.31. The molecule has 2 aliphatic rings. The molecule has 2 nitrogen and oxygen atoms in total. The van der Waals surface area contributed by atoms with Gasteiger partial charge in [0.15, 0.2) is 0 Å². The average molecular weight is 352 g/mol. The fourth-order valence-electron chi connectivity index (χ4n) is 4.47. The van der Waals surface area contributed by atoms with Crippen LogP contribution in [0.15, 0.2) is 22.7 Å². The molecule has 0 heterocycles. The maximum atomic E-state index is 5.31. The van der Waals surface area contributed by atoms with Crippen molar-refractivity contribution in [1.29, 1.82) is 0 Å². The highest BCUT2D eigenvalue weighted by Gasteiger charge is 2.41. The molecule has 5 atom stereocenters. The van der Waals surface area contributed by atoms with Gasteiger partial charge >= 0.3 is 0 Å². The van der Waals surface area contributed by atoms with E-state index in [-0.39, 0.29) is 0 Å². The van der Waals surface area contributed by atoms with Crippen molar-refractivity contribution in [2.45, 2.75) is 51.6 Å². The topological polar surface area (TPSA) is 21.3 Å². The van der Waals surface area contributed by atoms with E-state index in [2.05, 4.69) is 47.2 Å². The Labute approximate surface area is 136 Å². The molecule has 0 spiro atoms. The van der Waals surface area contributed by atoms with E-state index < -0.39 is 0 Å². The van der Waals surface area contributed by atoms with Crippen molar-refractivity contribution in [2.75, 3.05) is 7.11 Å². The Hall–Kier alpha value is -0.540. The highest BCUT2D eigenvalue weighted by molar-refractivity contribution is 9.10. The summed E-state index contributed by atoms with van der Waals surface area (Å²) in [6.45, 7) is 4.64. The van der Waals surface area contributed by atoms with Crippen LogP contribution in [0.1, 0.15) is 51.1 Å². The molecular formula is C18H26BrNO. The highest BCUT2D eigenvalue weighted by Crippen LogP contribution is 2.49. The smallest absolute Gasteiger partial charge is 0.133 e. The summed E-state index contributed by atoms with van der Waals surface area (Å²) in [5, 5.41) is 3.83. The summed E-state index contributed by atoms with van der Waals surface area (Å²) < 4.78 is 6.34. The lowest BCUT2D eigenvalue weighted by atomic mass is 9.83. The lowest BCUT2D eigenvalue weighted by Gasteiger charge is -2.31. The number of hydrogen-bond donors (Lipinski definition) is 1. The van der Waals surface area contributed by atoms with Crippen molar-refractivity contribution >= 4 is 15.9 Å². The molecule has 0 radical (unpaired) electrons. The summed E-state index contributed by atoms with van der Waals surface area (Å²) in [5.74, 6) is 3.78. The quantitative estimate of drug-likeness (QED) is 0.811. The van der Waals surface area contributed by atoms with Crippen LogP contribution in [-0.2, 0) is 0 Å². The van der Waals surface area contributed by atoms with Gasteiger partial charge in [0.05, 0.1) is 11.6 Å². The number of fused-ring (bicyclic) bond motifs is 2. The van der Waals surface area contributed by atoms with E-state index in [1.807, 2.05) is 6.07 Å².